The summed E-state index contributed by atoms with van der Waals surface area (Å²) in [7, 11) is 0. The molecule has 0 aromatic carbocycles. The summed E-state index contributed by atoms with van der Waals surface area (Å²) >= 11 is 1.78. The van der Waals surface area contributed by atoms with E-state index in [0.717, 1.165) is 0 Å². The Bertz CT molecular complexity index is 274. The van der Waals surface area contributed by atoms with Crippen LogP contribution in [-0.4, -0.2) is 10.2 Å². The molecule has 0 radical (unpaired) electrons. The summed E-state index contributed by atoms with van der Waals surface area (Å²) in [6.45, 7) is 9.03. The fourth-order valence-electron chi connectivity index (χ4n) is 1.68. The summed E-state index contributed by atoms with van der Waals surface area (Å²) < 4.78 is 2.28. The molecule has 2 heteroatoms. The predicted octanol–water partition coefficient (Wildman–Crippen LogP) is 3.86. The van der Waals surface area contributed by atoms with Gasteiger partial charge in [-0.05, 0) is 35.4 Å². The smallest absolute Gasteiger partial charge is 0.0352 e. The van der Waals surface area contributed by atoms with Gasteiger partial charge >= 0.3 is 0 Å². The second kappa shape index (κ2) is 4.23. The molecular formula is C11H19NS. The molecule has 0 fully saturated rings. The molecule has 1 nitrogen and oxygen atoms in total. The van der Waals surface area contributed by atoms with Gasteiger partial charge in [-0.1, -0.05) is 27.7 Å². The van der Waals surface area contributed by atoms with Crippen LogP contribution < -0.4 is 0 Å². The standard InChI is InChI=1S/C11H19NS/c1-8(2)10-6-7-12(13-5)11(10)9(3)4/h6-9H,1-5H3. The first-order valence-electron chi connectivity index (χ1n) is 4.83. The molecule has 0 N–H and O–H groups in total. The number of rotatable bonds is 3. The van der Waals surface area contributed by atoms with E-state index in [4.69, 9.17) is 0 Å². The number of aromatic nitrogens is 1. The highest BCUT2D eigenvalue weighted by atomic mass is 32.2. The molecular weight excluding hydrogens is 178 g/mol. The molecule has 13 heavy (non-hydrogen) atoms. The van der Waals surface area contributed by atoms with Crippen molar-refractivity contribution >= 4 is 11.9 Å². The molecule has 0 aliphatic carbocycles. The van der Waals surface area contributed by atoms with E-state index in [1.54, 1.807) is 11.9 Å². The molecule has 1 heterocycles. The quantitative estimate of drug-likeness (QED) is 0.712. The summed E-state index contributed by atoms with van der Waals surface area (Å²) in [6, 6.07) is 2.25. The number of hydrogen-bond acceptors (Lipinski definition) is 1. The van der Waals surface area contributed by atoms with Crippen molar-refractivity contribution in [3.05, 3.63) is 23.5 Å². The Labute approximate surface area is 85.7 Å². The van der Waals surface area contributed by atoms with E-state index in [2.05, 4.69) is 50.2 Å². The molecule has 0 bridgehead atoms. The van der Waals surface area contributed by atoms with E-state index in [1.165, 1.54) is 11.3 Å². The highest BCUT2D eigenvalue weighted by Crippen LogP contribution is 2.29. The van der Waals surface area contributed by atoms with Gasteiger partial charge in [-0.25, -0.2) is 0 Å². The SMILES string of the molecule is CSn1ccc(C(C)C)c1C(C)C. The Balaban J connectivity index is 3.14. The van der Waals surface area contributed by atoms with Crippen LogP contribution in [0.5, 0.6) is 0 Å². The molecule has 0 atom stereocenters. The molecule has 0 aliphatic heterocycles. The zero-order chi connectivity index (χ0) is 10.0. The number of hydrogen-bond donors (Lipinski definition) is 0. The van der Waals surface area contributed by atoms with Crippen LogP contribution >= 0.6 is 11.9 Å². The van der Waals surface area contributed by atoms with Gasteiger partial charge < -0.3 is 0 Å². The first kappa shape index (κ1) is 10.7. The molecule has 0 spiro atoms. The van der Waals surface area contributed by atoms with E-state index in [-0.39, 0.29) is 0 Å². The molecule has 0 saturated carbocycles. The van der Waals surface area contributed by atoms with Crippen molar-refractivity contribution in [2.24, 2.45) is 0 Å². The molecule has 1 aromatic heterocycles. The van der Waals surface area contributed by atoms with Crippen LogP contribution in [0.25, 0.3) is 0 Å². The van der Waals surface area contributed by atoms with Crippen molar-refractivity contribution in [1.29, 1.82) is 0 Å². The largest absolute Gasteiger partial charge is 0.296 e. The fraction of sp³-hybridized carbons (Fsp3) is 0.636. The van der Waals surface area contributed by atoms with E-state index < -0.39 is 0 Å². The zero-order valence-electron chi connectivity index (χ0n) is 9.16. The Kier molecular flexibility index (Phi) is 3.48. The Morgan fingerprint density at radius 2 is 1.77 bits per heavy atom. The maximum absolute atomic E-state index is 2.28. The minimum Gasteiger partial charge on any atom is -0.296 e. The summed E-state index contributed by atoms with van der Waals surface area (Å²) in [4.78, 5) is 0. The summed E-state index contributed by atoms with van der Waals surface area (Å²) in [5, 5.41) is 0. The maximum atomic E-state index is 2.28. The minimum absolute atomic E-state index is 0.611. The van der Waals surface area contributed by atoms with Crippen molar-refractivity contribution in [3.8, 4) is 0 Å². The second-order valence-electron chi connectivity index (χ2n) is 3.97. The van der Waals surface area contributed by atoms with Gasteiger partial charge in [-0.3, -0.25) is 3.97 Å². The van der Waals surface area contributed by atoms with E-state index in [0.29, 0.717) is 11.8 Å². The Morgan fingerprint density at radius 1 is 1.15 bits per heavy atom. The fourth-order valence-corrected chi connectivity index (χ4v) is 2.37. The molecule has 74 valence electrons. The summed E-state index contributed by atoms with van der Waals surface area (Å²) in [5.74, 6) is 1.24. The Hall–Kier alpha value is -0.370. The van der Waals surface area contributed by atoms with Crippen molar-refractivity contribution in [2.45, 2.75) is 39.5 Å². The third kappa shape index (κ3) is 2.11. The van der Waals surface area contributed by atoms with E-state index in [9.17, 15) is 0 Å². The Morgan fingerprint density at radius 3 is 2.15 bits per heavy atom. The van der Waals surface area contributed by atoms with Crippen molar-refractivity contribution < 1.29 is 0 Å². The van der Waals surface area contributed by atoms with Crippen LogP contribution in [0, 0.1) is 0 Å². The predicted molar refractivity (Wildman–Crippen MR) is 61.5 cm³/mol. The monoisotopic (exact) mass is 197 g/mol. The van der Waals surface area contributed by atoms with Gasteiger partial charge in [0.2, 0.25) is 0 Å². The van der Waals surface area contributed by atoms with Gasteiger partial charge in [0.05, 0.1) is 0 Å². The first-order chi connectivity index (χ1) is 6.07. The van der Waals surface area contributed by atoms with Crippen LogP contribution in [-0.2, 0) is 0 Å². The van der Waals surface area contributed by atoms with Gasteiger partial charge in [0.15, 0.2) is 0 Å². The van der Waals surface area contributed by atoms with E-state index in [1.807, 2.05) is 0 Å². The van der Waals surface area contributed by atoms with Gasteiger partial charge in [0.1, 0.15) is 0 Å². The lowest BCUT2D eigenvalue weighted by Crippen LogP contribution is -2.00. The second-order valence-corrected chi connectivity index (χ2v) is 4.73. The van der Waals surface area contributed by atoms with E-state index >= 15 is 0 Å². The lowest BCUT2D eigenvalue weighted by molar-refractivity contribution is 0.765. The molecule has 0 unspecified atom stereocenters. The first-order valence-corrected chi connectivity index (χ1v) is 6.01. The summed E-state index contributed by atoms with van der Waals surface area (Å²) in [6.07, 6.45) is 4.30. The average molecular weight is 197 g/mol. The topological polar surface area (TPSA) is 4.93 Å². The maximum Gasteiger partial charge on any atom is 0.0352 e. The van der Waals surface area contributed by atoms with Crippen LogP contribution in [0.3, 0.4) is 0 Å². The van der Waals surface area contributed by atoms with Crippen LogP contribution in [0.15, 0.2) is 12.3 Å². The third-order valence-corrected chi connectivity index (χ3v) is 3.00. The van der Waals surface area contributed by atoms with Crippen molar-refractivity contribution in [3.63, 3.8) is 0 Å². The highest BCUT2D eigenvalue weighted by Gasteiger charge is 2.14. The summed E-state index contributed by atoms with van der Waals surface area (Å²) in [5.41, 5.74) is 2.96. The van der Waals surface area contributed by atoms with Crippen LogP contribution in [0.2, 0.25) is 0 Å². The van der Waals surface area contributed by atoms with Crippen LogP contribution in [0.4, 0.5) is 0 Å². The van der Waals surface area contributed by atoms with Crippen molar-refractivity contribution in [1.82, 2.24) is 3.97 Å². The molecule has 1 rings (SSSR count). The molecule has 0 amide bonds. The molecule has 1 aromatic rings. The zero-order valence-corrected chi connectivity index (χ0v) is 9.98. The van der Waals surface area contributed by atoms with Gasteiger partial charge in [0.25, 0.3) is 0 Å². The van der Waals surface area contributed by atoms with Gasteiger partial charge in [0, 0.05) is 18.1 Å². The van der Waals surface area contributed by atoms with Crippen molar-refractivity contribution in [2.75, 3.05) is 6.26 Å². The van der Waals surface area contributed by atoms with Gasteiger partial charge in [-0.2, -0.15) is 0 Å². The number of nitrogens with zero attached hydrogens (tertiary/aromatic N) is 1. The normalized spacial score (nSPS) is 11.6. The lowest BCUT2D eigenvalue weighted by Gasteiger charge is -2.14. The molecule has 0 aliphatic rings. The minimum atomic E-state index is 0.611. The third-order valence-electron chi connectivity index (χ3n) is 2.29. The highest BCUT2D eigenvalue weighted by molar-refractivity contribution is 7.97. The lowest BCUT2D eigenvalue weighted by atomic mass is 9.98. The molecule has 0 saturated heterocycles. The average Bonchev–Trinajstić information content (AvgIpc) is 2.46. The van der Waals surface area contributed by atoms with Crippen LogP contribution in [0.1, 0.15) is 50.8 Å². The van der Waals surface area contributed by atoms with Gasteiger partial charge in [-0.15, -0.1) is 0 Å².